The summed E-state index contributed by atoms with van der Waals surface area (Å²) < 4.78 is 0. The first-order valence-electron chi connectivity index (χ1n) is 5.58. The van der Waals surface area contributed by atoms with E-state index in [1.807, 2.05) is 0 Å². The van der Waals surface area contributed by atoms with Crippen molar-refractivity contribution in [3.05, 3.63) is 0 Å². The molecule has 0 aliphatic rings. The van der Waals surface area contributed by atoms with E-state index in [0.717, 1.165) is 6.04 Å². The van der Waals surface area contributed by atoms with E-state index in [2.05, 4.69) is 38.2 Å². The first kappa shape index (κ1) is 12.9. The number of nitrogens with one attached hydrogen (secondary N) is 1. The Labute approximate surface area is 83.7 Å². The van der Waals surface area contributed by atoms with Crippen molar-refractivity contribution in [3.8, 4) is 0 Å². The molecule has 2 nitrogen and oxygen atoms in total. The maximum absolute atomic E-state index is 3.57. The molecule has 0 aromatic heterocycles. The molecule has 0 heterocycles. The van der Waals surface area contributed by atoms with E-state index in [-0.39, 0.29) is 0 Å². The maximum atomic E-state index is 3.57. The van der Waals surface area contributed by atoms with Crippen molar-refractivity contribution in [2.45, 2.75) is 45.6 Å². The summed E-state index contributed by atoms with van der Waals surface area (Å²) in [7, 11) is 4.28. The second kappa shape index (κ2) is 8.52. The van der Waals surface area contributed by atoms with Crippen molar-refractivity contribution >= 4 is 0 Å². The minimum absolute atomic E-state index is 0.736. The Balaban J connectivity index is 3.36. The first-order chi connectivity index (χ1) is 6.20. The van der Waals surface area contributed by atoms with Gasteiger partial charge in [-0.05, 0) is 52.9 Å². The molecule has 0 saturated heterocycles. The number of hydrogen-bond acceptors (Lipinski definition) is 2. The summed E-state index contributed by atoms with van der Waals surface area (Å²) >= 11 is 0. The van der Waals surface area contributed by atoms with Gasteiger partial charge in [0.05, 0.1) is 0 Å². The minimum atomic E-state index is 0.736. The lowest BCUT2D eigenvalue weighted by atomic mass is 10.1. The van der Waals surface area contributed by atoms with Gasteiger partial charge in [-0.2, -0.15) is 0 Å². The van der Waals surface area contributed by atoms with Crippen molar-refractivity contribution in [1.29, 1.82) is 0 Å². The fourth-order valence-corrected chi connectivity index (χ4v) is 1.45. The first-order valence-corrected chi connectivity index (χ1v) is 5.58. The van der Waals surface area contributed by atoms with Crippen LogP contribution in [-0.2, 0) is 0 Å². The van der Waals surface area contributed by atoms with Gasteiger partial charge in [0.1, 0.15) is 0 Å². The molecule has 0 aromatic carbocycles. The fraction of sp³-hybridized carbons (Fsp3) is 1.00. The molecule has 0 aliphatic heterocycles. The zero-order chi connectivity index (χ0) is 10.1. The second-order valence-corrected chi connectivity index (χ2v) is 4.00. The molecule has 1 atom stereocenters. The average Bonchev–Trinajstić information content (AvgIpc) is 2.10. The summed E-state index contributed by atoms with van der Waals surface area (Å²) in [4.78, 5) is 2.26. The van der Waals surface area contributed by atoms with E-state index in [4.69, 9.17) is 0 Å². The summed E-state index contributed by atoms with van der Waals surface area (Å²) in [5.41, 5.74) is 0. The van der Waals surface area contributed by atoms with E-state index in [9.17, 15) is 0 Å². The highest BCUT2D eigenvalue weighted by Crippen LogP contribution is 2.02. The Morgan fingerprint density at radius 2 is 1.92 bits per heavy atom. The Bertz CT molecular complexity index is 102. The van der Waals surface area contributed by atoms with Crippen molar-refractivity contribution < 1.29 is 0 Å². The summed E-state index contributed by atoms with van der Waals surface area (Å²) in [6.45, 7) is 6.87. The van der Waals surface area contributed by atoms with Gasteiger partial charge < -0.3 is 10.2 Å². The van der Waals surface area contributed by atoms with E-state index >= 15 is 0 Å². The van der Waals surface area contributed by atoms with E-state index in [0.29, 0.717) is 0 Å². The summed E-state index contributed by atoms with van der Waals surface area (Å²) in [6, 6.07) is 0.736. The smallest absolute Gasteiger partial charge is 0.00649 e. The van der Waals surface area contributed by atoms with Crippen LogP contribution >= 0.6 is 0 Å². The Morgan fingerprint density at radius 1 is 1.23 bits per heavy atom. The lowest BCUT2D eigenvalue weighted by Crippen LogP contribution is -2.29. The number of nitrogens with zero attached hydrogens (tertiary/aromatic N) is 1. The van der Waals surface area contributed by atoms with Crippen molar-refractivity contribution in [2.75, 3.05) is 27.2 Å². The van der Waals surface area contributed by atoms with Crippen LogP contribution in [0.4, 0.5) is 0 Å². The van der Waals surface area contributed by atoms with Crippen molar-refractivity contribution in [1.82, 2.24) is 10.2 Å². The predicted molar refractivity (Wildman–Crippen MR) is 60.2 cm³/mol. The molecule has 0 aromatic rings. The molecule has 0 aliphatic carbocycles. The molecular formula is C11H26N2. The zero-order valence-electron chi connectivity index (χ0n) is 9.77. The van der Waals surface area contributed by atoms with Gasteiger partial charge in [0.15, 0.2) is 0 Å². The fourth-order valence-electron chi connectivity index (χ4n) is 1.45. The van der Waals surface area contributed by atoms with Crippen LogP contribution in [0.15, 0.2) is 0 Å². The van der Waals surface area contributed by atoms with Gasteiger partial charge in [-0.15, -0.1) is 0 Å². The molecule has 0 rings (SSSR count). The average molecular weight is 186 g/mol. The second-order valence-electron chi connectivity index (χ2n) is 4.00. The lowest BCUT2D eigenvalue weighted by Gasteiger charge is -2.17. The highest BCUT2D eigenvalue weighted by molar-refractivity contribution is 4.64. The van der Waals surface area contributed by atoms with Crippen LogP contribution in [0.3, 0.4) is 0 Å². The van der Waals surface area contributed by atoms with Crippen LogP contribution in [0, 0.1) is 0 Å². The third-order valence-corrected chi connectivity index (χ3v) is 2.33. The normalized spacial score (nSPS) is 13.6. The van der Waals surface area contributed by atoms with Crippen molar-refractivity contribution in [3.63, 3.8) is 0 Å². The molecule has 80 valence electrons. The quantitative estimate of drug-likeness (QED) is 0.624. The molecule has 1 unspecified atom stereocenters. The van der Waals surface area contributed by atoms with Gasteiger partial charge in [0.2, 0.25) is 0 Å². The van der Waals surface area contributed by atoms with Crippen molar-refractivity contribution in [2.24, 2.45) is 0 Å². The molecule has 0 radical (unpaired) electrons. The zero-order valence-corrected chi connectivity index (χ0v) is 9.77. The molecule has 0 bridgehead atoms. The SMILES string of the molecule is CCCNC(CC)CCCN(C)C. The van der Waals surface area contributed by atoms with Gasteiger partial charge in [-0.25, -0.2) is 0 Å². The highest BCUT2D eigenvalue weighted by Gasteiger charge is 2.03. The Kier molecular flexibility index (Phi) is 8.46. The minimum Gasteiger partial charge on any atom is -0.314 e. The van der Waals surface area contributed by atoms with Gasteiger partial charge in [-0.3, -0.25) is 0 Å². The Morgan fingerprint density at radius 3 is 2.38 bits per heavy atom. The summed E-state index contributed by atoms with van der Waals surface area (Å²) in [5.74, 6) is 0. The monoisotopic (exact) mass is 186 g/mol. The third kappa shape index (κ3) is 8.26. The van der Waals surface area contributed by atoms with Crippen LogP contribution in [0.1, 0.15) is 39.5 Å². The predicted octanol–water partition coefficient (Wildman–Crippen LogP) is 2.11. The number of rotatable bonds is 8. The van der Waals surface area contributed by atoms with Gasteiger partial charge in [-0.1, -0.05) is 13.8 Å². The van der Waals surface area contributed by atoms with Gasteiger partial charge >= 0.3 is 0 Å². The van der Waals surface area contributed by atoms with Crippen LogP contribution in [0.5, 0.6) is 0 Å². The van der Waals surface area contributed by atoms with Crippen LogP contribution in [-0.4, -0.2) is 38.1 Å². The maximum Gasteiger partial charge on any atom is 0.00649 e. The molecule has 0 saturated carbocycles. The molecule has 1 N–H and O–H groups in total. The standard InChI is InChI=1S/C11H26N2/c1-5-9-12-11(6-2)8-7-10-13(3)4/h11-12H,5-10H2,1-4H3. The van der Waals surface area contributed by atoms with Crippen LogP contribution in [0.2, 0.25) is 0 Å². The molecular weight excluding hydrogens is 160 g/mol. The topological polar surface area (TPSA) is 15.3 Å². The molecule has 0 spiro atoms. The van der Waals surface area contributed by atoms with E-state index < -0.39 is 0 Å². The van der Waals surface area contributed by atoms with Gasteiger partial charge in [0.25, 0.3) is 0 Å². The number of hydrogen-bond donors (Lipinski definition) is 1. The molecule has 13 heavy (non-hydrogen) atoms. The van der Waals surface area contributed by atoms with E-state index in [1.165, 1.54) is 38.8 Å². The van der Waals surface area contributed by atoms with Crippen LogP contribution in [0.25, 0.3) is 0 Å². The molecule has 2 heteroatoms. The Hall–Kier alpha value is -0.0800. The highest BCUT2D eigenvalue weighted by atomic mass is 15.0. The third-order valence-electron chi connectivity index (χ3n) is 2.33. The molecule has 0 amide bonds. The van der Waals surface area contributed by atoms with Gasteiger partial charge in [0, 0.05) is 6.04 Å². The lowest BCUT2D eigenvalue weighted by molar-refractivity contribution is 0.367. The molecule has 0 fully saturated rings. The van der Waals surface area contributed by atoms with E-state index in [1.54, 1.807) is 0 Å². The van der Waals surface area contributed by atoms with Crippen LogP contribution < -0.4 is 5.32 Å². The largest absolute Gasteiger partial charge is 0.314 e. The summed E-state index contributed by atoms with van der Waals surface area (Å²) in [6.07, 6.45) is 5.12. The summed E-state index contributed by atoms with van der Waals surface area (Å²) in [5, 5.41) is 3.57.